The first-order valence-electron chi connectivity index (χ1n) is 9.29. The van der Waals surface area contributed by atoms with Gasteiger partial charge in [-0.1, -0.05) is 0 Å². The molecule has 1 aromatic rings. The van der Waals surface area contributed by atoms with Gasteiger partial charge in [0.2, 0.25) is 12.4 Å². The van der Waals surface area contributed by atoms with Crippen molar-refractivity contribution in [1.29, 1.82) is 5.26 Å². The first-order chi connectivity index (χ1) is 15.5. The Balaban J connectivity index is 2.58. The minimum atomic E-state index is -1.59. The number of benzene rings is 1. The van der Waals surface area contributed by atoms with Crippen LogP contribution in [0.4, 0.5) is 0 Å². The summed E-state index contributed by atoms with van der Waals surface area (Å²) in [6.45, 7) is 3.26. The number of carbonyl (C=O) groups excluding carboxylic acids is 4. The van der Waals surface area contributed by atoms with E-state index in [1.807, 2.05) is 6.07 Å². The molecule has 0 amide bonds. The monoisotopic (exact) mass is 591 g/mol. The Labute approximate surface area is 205 Å². The standard InChI is InChI=1S/C20H19Br2NO10/c1-8(24)29-15-16(30-9(2)25)18(31-10(3)26)20(33-17(15)19(27)28-4)32-14-12(21)5-11(7-23)6-13(14)22/h5-6,15-18,20H,1-4H3/t15-,16-,17-,18+,20+/m0/s1. The molecule has 13 heteroatoms. The number of ether oxygens (including phenoxy) is 6. The number of rotatable bonds is 6. The molecule has 1 aliphatic rings. The summed E-state index contributed by atoms with van der Waals surface area (Å²) in [5.74, 6) is -3.23. The van der Waals surface area contributed by atoms with Gasteiger partial charge < -0.3 is 28.4 Å². The average molecular weight is 593 g/mol. The van der Waals surface area contributed by atoms with Crippen LogP contribution in [0.25, 0.3) is 0 Å². The van der Waals surface area contributed by atoms with Crippen LogP contribution in [0.1, 0.15) is 26.3 Å². The van der Waals surface area contributed by atoms with Crippen molar-refractivity contribution < 1.29 is 47.6 Å². The Morgan fingerprint density at radius 2 is 1.39 bits per heavy atom. The van der Waals surface area contributed by atoms with Gasteiger partial charge in [0.25, 0.3) is 0 Å². The average Bonchev–Trinajstić information content (AvgIpc) is 2.72. The van der Waals surface area contributed by atoms with Crippen LogP contribution in [0, 0.1) is 11.3 Å². The van der Waals surface area contributed by atoms with Crippen molar-refractivity contribution in [2.24, 2.45) is 0 Å². The van der Waals surface area contributed by atoms with Crippen LogP contribution in [-0.4, -0.2) is 61.7 Å². The third-order valence-electron chi connectivity index (χ3n) is 4.20. The highest BCUT2D eigenvalue weighted by atomic mass is 79.9. The first-order valence-corrected chi connectivity index (χ1v) is 10.9. The summed E-state index contributed by atoms with van der Waals surface area (Å²) >= 11 is 6.56. The van der Waals surface area contributed by atoms with E-state index >= 15 is 0 Å². The molecule has 178 valence electrons. The van der Waals surface area contributed by atoms with Gasteiger partial charge in [-0.2, -0.15) is 5.26 Å². The molecule has 0 N–H and O–H groups in total. The van der Waals surface area contributed by atoms with Gasteiger partial charge in [0, 0.05) is 20.8 Å². The van der Waals surface area contributed by atoms with E-state index in [-0.39, 0.29) is 5.75 Å². The molecule has 1 aromatic carbocycles. The summed E-state index contributed by atoms with van der Waals surface area (Å²) in [4.78, 5) is 47.8. The molecule has 11 nitrogen and oxygen atoms in total. The predicted molar refractivity (Wildman–Crippen MR) is 115 cm³/mol. The molecule has 1 heterocycles. The molecule has 1 aliphatic heterocycles. The van der Waals surface area contributed by atoms with Crippen molar-refractivity contribution in [3.05, 3.63) is 26.6 Å². The van der Waals surface area contributed by atoms with Gasteiger partial charge in [-0.05, 0) is 44.0 Å². The molecular formula is C20H19Br2NO10. The third kappa shape index (κ3) is 6.66. The normalized spacial score (nSPS) is 24.1. The number of methoxy groups -OCH3 is 1. The van der Waals surface area contributed by atoms with Crippen molar-refractivity contribution in [1.82, 2.24) is 0 Å². The highest BCUT2D eigenvalue weighted by molar-refractivity contribution is 9.11. The zero-order chi connectivity index (χ0) is 24.9. The van der Waals surface area contributed by atoms with E-state index in [0.29, 0.717) is 14.5 Å². The van der Waals surface area contributed by atoms with Crippen LogP contribution >= 0.6 is 31.9 Å². The van der Waals surface area contributed by atoms with Crippen LogP contribution in [0.2, 0.25) is 0 Å². The lowest BCUT2D eigenvalue weighted by molar-refractivity contribution is -0.282. The molecule has 1 fully saturated rings. The Kier molecular flexibility index (Phi) is 9.21. The number of halogens is 2. The summed E-state index contributed by atoms with van der Waals surface area (Å²) in [6.07, 6.45) is -7.54. The fourth-order valence-corrected chi connectivity index (χ4v) is 4.40. The first kappa shape index (κ1) is 26.6. The second kappa shape index (κ2) is 11.4. The van der Waals surface area contributed by atoms with E-state index in [1.54, 1.807) is 0 Å². The van der Waals surface area contributed by atoms with Crippen molar-refractivity contribution in [3.8, 4) is 11.8 Å². The molecular weight excluding hydrogens is 574 g/mol. The molecule has 5 atom stereocenters. The molecule has 2 rings (SSSR count). The summed E-state index contributed by atoms with van der Waals surface area (Å²) < 4.78 is 32.7. The summed E-state index contributed by atoms with van der Waals surface area (Å²) in [5, 5.41) is 9.13. The van der Waals surface area contributed by atoms with Crippen molar-refractivity contribution in [2.45, 2.75) is 51.5 Å². The molecule has 0 spiro atoms. The molecule has 0 unspecified atom stereocenters. The number of nitriles is 1. The van der Waals surface area contributed by atoms with Crippen LogP contribution in [-0.2, 0) is 42.9 Å². The number of esters is 4. The van der Waals surface area contributed by atoms with Gasteiger partial charge >= 0.3 is 23.9 Å². The van der Waals surface area contributed by atoms with Crippen LogP contribution < -0.4 is 4.74 Å². The van der Waals surface area contributed by atoms with E-state index in [4.69, 9.17) is 33.7 Å². The largest absolute Gasteiger partial charge is 0.467 e. The second-order valence-electron chi connectivity index (χ2n) is 6.67. The maximum Gasteiger partial charge on any atom is 0.339 e. The highest BCUT2D eigenvalue weighted by Gasteiger charge is 2.56. The smallest absolute Gasteiger partial charge is 0.339 e. The predicted octanol–water partition coefficient (Wildman–Crippen LogP) is 2.16. The van der Waals surface area contributed by atoms with E-state index in [1.165, 1.54) is 12.1 Å². The lowest BCUT2D eigenvalue weighted by Crippen LogP contribution is -2.64. The molecule has 0 saturated carbocycles. The maximum absolute atomic E-state index is 12.4. The Bertz CT molecular complexity index is 969. The number of hydrogen-bond acceptors (Lipinski definition) is 11. The van der Waals surface area contributed by atoms with Gasteiger partial charge in [0.05, 0.1) is 27.7 Å². The number of nitrogens with zero attached hydrogens (tertiary/aromatic N) is 1. The van der Waals surface area contributed by atoms with Crippen molar-refractivity contribution >= 4 is 55.7 Å². The van der Waals surface area contributed by atoms with Crippen LogP contribution in [0.5, 0.6) is 5.75 Å². The van der Waals surface area contributed by atoms with Gasteiger partial charge in [-0.15, -0.1) is 0 Å². The molecule has 0 bridgehead atoms. The third-order valence-corrected chi connectivity index (χ3v) is 5.37. The Morgan fingerprint density at radius 3 is 1.85 bits per heavy atom. The van der Waals surface area contributed by atoms with Gasteiger partial charge in [-0.3, -0.25) is 14.4 Å². The Morgan fingerprint density at radius 1 is 0.909 bits per heavy atom. The minimum absolute atomic E-state index is 0.132. The second-order valence-corrected chi connectivity index (χ2v) is 8.38. The quantitative estimate of drug-likeness (QED) is 0.353. The fourth-order valence-electron chi connectivity index (χ4n) is 3.03. The highest BCUT2D eigenvalue weighted by Crippen LogP contribution is 2.38. The summed E-state index contributed by atoms with van der Waals surface area (Å²) in [5.41, 5.74) is 0.308. The summed E-state index contributed by atoms with van der Waals surface area (Å²) in [7, 11) is 1.08. The minimum Gasteiger partial charge on any atom is -0.467 e. The van der Waals surface area contributed by atoms with Gasteiger partial charge in [-0.25, -0.2) is 4.79 Å². The van der Waals surface area contributed by atoms with Crippen molar-refractivity contribution in [3.63, 3.8) is 0 Å². The van der Waals surface area contributed by atoms with E-state index in [2.05, 4.69) is 31.9 Å². The maximum atomic E-state index is 12.4. The van der Waals surface area contributed by atoms with Gasteiger partial charge in [0.1, 0.15) is 0 Å². The van der Waals surface area contributed by atoms with Gasteiger partial charge in [0.15, 0.2) is 24.1 Å². The number of hydrogen-bond donors (Lipinski definition) is 0. The number of carbonyl (C=O) groups is 4. The lowest BCUT2D eigenvalue weighted by Gasteiger charge is -2.43. The molecule has 0 aromatic heterocycles. The van der Waals surface area contributed by atoms with Crippen LogP contribution in [0.3, 0.4) is 0 Å². The molecule has 0 aliphatic carbocycles. The zero-order valence-corrected chi connectivity index (χ0v) is 21.0. The van der Waals surface area contributed by atoms with E-state index < -0.39 is 54.6 Å². The van der Waals surface area contributed by atoms with E-state index in [0.717, 1.165) is 27.9 Å². The SMILES string of the molecule is COC(=O)[C@H]1O[C@@H](Oc2c(Br)cc(C#N)cc2Br)[C@H](OC(C)=O)[C@@H](OC(C)=O)[C@@H]1OC(C)=O. The fraction of sp³-hybridized carbons (Fsp3) is 0.450. The topological polar surface area (TPSA) is 147 Å². The zero-order valence-electron chi connectivity index (χ0n) is 17.8. The van der Waals surface area contributed by atoms with E-state index in [9.17, 15) is 19.2 Å². The Hall–Kier alpha value is -2.69. The van der Waals surface area contributed by atoms with Crippen LogP contribution in [0.15, 0.2) is 21.1 Å². The lowest BCUT2D eigenvalue weighted by atomic mass is 9.97. The molecule has 1 saturated heterocycles. The van der Waals surface area contributed by atoms with Crippen molar-refractivity contribution in [2.75, 3.05) is 7.11 Å². The summed E-state index contributed by atoms with van der Waals surface area (Å²) in [6, 6.07) is 4.90. The molecule has 33 heavy (non-hydrogen) atoms. The molecule has 0 radical (unpaired) electrons.